The normalized spacial score (nSPS) is 16.8. The van der Waals surface area contributed by atoms with Gasteiger partial charge in [-0.25, -0.2) is 9.18 Å². The zero-order chi connectivity index (χ0) is 16.6. The van der Waals surface area contributed by atoms with Gasteiger partial charge in [-0.2, -0.15) is 0 Å². The summed E-state index contributed by atoms with van der Waals surface area (Å²) in [5, 5.41) is 9.75. The van der Waals surface area contributed by atoms with Crippen LogP contribution in [0, 0.1) is 5.82 Å². The summed E-state index contributed by atoms with van der Waals surface area (Å²) in [6.45, 7) is 0.714. The van der Waals surface area contributed by atoms with Gasteiger partial charge in [0.2, 0.25) is 0 Å². The summed E-state index contributed by atoms with van der Waals surface area (Å²) in [7, 11) is 3.37. The Morgan fingerprint density at radius 3 is 2.70 bits per heavy atom. The highest BCUT2D eigenvalue weighted by Crippen LogP contribution is 2.35. The number of amides is 2. The summed E-state index contributed by atoms with van der Waals surface area (Å²) in [5.41, 5.74) is 2.29. The number of urea groups is 1. The second-order valence-electron chi connectivity index (χ2n) is 6.01. The third-order valence-corrected chi connectivity index (χ3v) is 4.21. The Bertz CT molecular complexity index is 746. The van der Waals surface area contributed by atoms with Gasteiger partial charge < -0.3 is 14.9 Å². The minimum atomic E-state index is -0.302. The minimum absolute atomic E-state index is 0.149. The Morgan fingerprint density at radius 2 is 2.00 bits per heavy atom. The van der Waals surface area contributed by atoms with Gasteiger partial charge in [0, 0.05) is 32.1 Å². The first-order valence-electron chi connectivity index (χ1n) is 7.50. The zero-order valence-electron chi connectivity index (χ0n) is 13.2. The molecule has 23 heavy (non-hydrogen) atoms. The molecule has 2 aromatic rings. The van der Waals surface area contributed by atoms with Crippen LogP contribution in [-0.4, -0.2) is 41.6 Å². The van der Waals surface area contributed by atoms with Gasteiger partial charge in [-0.15, -0.1) is 0 Å². The Kier molecular flexibility index (Phi) is 3.94. The van der Waals surface area contributed by atoms with Crippen LogP contribution in [0.15, 0.2) is 42.5 Å². The van der Waals surface area contributed by atoms with E-state index >= 15 is 0 Å². The number of benzene rings is 2. The molecule has 1 unspecified atom stereocenters. The van der Waals surface area contributed by atoms with Crippen molar-refractivity contribution in [2.45, 2.75) is 12.5 Å². The fourth-order valence-electron chi connectivity index (χ4n) is 3.10. The van der Waals surface area contributed by atoms with Crippen molar-refractivity contribution in [3.05, 3.63) is 65.0 Å². The van der Waals surface area contributed by atoms with Crippen LogP contribution in [0.1, 0.15) is 22.6 Å². The third kappa shape index (κ3) is 2.86. The van der Waals surface area contributed by atoms with Gasteiger partial charge in [-0.3, -0.25) is 0 Å². The average Bonchev–Trinajstić information content (AvgIpc) is 2.53. The van der Waals surface area contributed by atoms with Crippen molar-refractivity contribution >= 4 is 6.03 Å². The van der Waals surface area contributed by atoms with E-state index in [1.54, 1.807) is 43.3 Å². The molecular weight excluding hydrogens is 295 g/mol. The second kappa shape index (κ2) is 5.91. The van der Waals surface area contributed by atoms with E-state index in [-0.39, 0.29) is 30.1 Å². The lowest BCUT2D eigenvalue weighted by atomic mass is 9.84. The predicted octanol–water partition coefficient (Wildman–Crippen LogP) is 3.16. The Labute approximate surface area is 134 Å². The maximum absolute atomic E-state index is 14.3. The fourth-order valence-corrected chi connectivity index (χ4v) is 3.10. The highest BCUT2D eigenvalue weighted by molar-refractivity contribution is 5.74. The summed E-state index contributed by atoms with van der Waals surface area (Å²) >= 11 is 0. The van der Waals surface area contributed by atoms with Crippen LogP contribution in [-0.2, 0) is 6.54 Å². The number of hydrogen-bond donors (Lipinski definition) is 1. The number of rotatable bonds is 1. The van der Waals surface area contributed by atoms with E-state index in [0.717, 1.165) is 11.1 Å². The lowest BCUT2D eigenvalue weighted by molar-refractivity contribution is 0.161. The topological polar surface area (TPSA) is 43.8 Å². The molecule has 0 aromatic heterocycles. The molecule has 0 saturated carbocycles. The third-order valence-electron chi connectivity index (χ3n) is 4.21. The largest absolute Gasteiger partial charge is 0.508 e. The SMILES string of the molecule is CN(C)C(=O)N1Cc2c(F)cccc2C(c2cccc(O)c2)C1. The predicted molar refractivity (Wildman–Crippen MR) is 85.8 cm³/mol. The summed E-state index contributed by atoms with van der Waals surface area (Å²) in [6.07, 6.45) is 0. The number of carbonyl (C=O) groups is 1. The lowest BCUT2D eigenvalue weighted by Crippen LogP contribution is -2.44. The molecule has 1 N–H and O–H groups in total. The highest BCUT2D eigenvalue weighted by atomic mass is 19.1. The number of carbonyl (C=O) groups excluding carboxylic acids is 1. The second-order valence-corrected chi connectivity index (χ2v) is 6.01. The van der Waals surface area contributed by atoms with Crippen molar-refractivity contribution in [2.75, 3.05) is 20.6 Å². The van der Waals surface area contributed by atoms with Crippen LogP contribution in [0.3, 0.4) is 0 Å². The molecule has 2 aromatic carbocycles. The van der Waals surface area contributed by atoms with E-state index in [0.29, 0.717) is 12.1 Å². The molecule has 0 bridgehead atoms. The standard InChI is InChI=1S/C18H19FN2O2/c1-20(2)18(23)21-10-15(12-5-3-6-13(22)9-12)14-7-4-8-17(19)16(14)11-21/h3-9,15,22H,10-11H2,1-2H3. The quantitative estimate of drug-likeness (QED) is 0.878. The van der Waals surface area contributed by atoms with Crippen molar-refractivity contribution in [1.29, 1.82) is 0 Å². The number of nitrogens with zero attached hydrogens (tertiary/aromatic N) is 2. The van der Waals surface area contributed by atoms with Crippen LogP contribution in [0.2, 0.25) is 0 Å². The van der Waals surface area contributed by atoms with E-state index < -0.39 is 0 Å². The monoisotopic (exact) mass is 314 g/mol. The molecule has 120 valence electrons. The molecular formula is C18H19FN2O2. The van der Waals surface area contributed by atoms with Crippen LogP contribution in [0.4, 0.5) is 9.18 Å². The summed E-state index contributed by atoms with van der Waals surface area (Å²) < 4.78 is 14.3. The first-order valence-corrected chi connectivity index (χ1v) is 7.50. The van der Waals surface area contributed by atoms with Gasteiger partial charge in [0.05, 0.1) is 6.54 Å². The molecule has 0 radical (unpaired) electrons. The zero-order valence-corrected chi connectivity index (χ0v) is 13.2. The first kappa shape index (κ1) is 15.3. The van der Waals surface area contributed by atoms with Gasteiger partial charge in [0.15, 0.2) is 0 Å². The molecule has 1 aliphatic rings. The molecule has 1 aliphatic heterocycles. The van der Waals surface area contributed by atoms with E-state index in [4.69, 9.17) is 0 Å². The van der Waals surface area contributed by atoms with Crippen molar-refractivity contribution in [3.63, 3.8) is 0 Å². The van der Waals surface area contributed by atoms with Crippen molar-refractivity contribution in [1.82, 2.24) is 9.80 Å². The number of phenolic OH excluding ortho intramolecular Hbond substituents is 1. The summed E-state index contributed by atoms with van der Waals surface area (Å²) in [4.78, 5) is 15.5. The summed E-state index contributed by atoms with van der Waals surface area (Å²) in [5.74, 6) is -0.300. The Hall–Kier alpha value is -2.56. The van der Waals surface area contributed by atoms with Gasteiger partial charge >= 0.3 is 6.03 Å². The molecule has 5 heteroatoms. The van der Waals surface area contributed by atoms with Gasteiger partial charge in [0.1, 0.15) is 11.6 Å². The van der Waals surface area contributed by atoms with E-state index in [9.17, 15) is 14.3 Å². The average molecular weight is 314 g/mol. The maximum Gasteiger partial charge on any atom is 0.319 e. The van der Waals surface area contributed by atoms with Gasteiger partial charge in [0.25, 0.3) is 0 Å². The number of aromatic hydroxyl groups is 1. The molecule has 2 amide bonds. The molecule has 4 nitrogen and oxygen atoms in total. The lowest BCUT2D eigenvalue weighted by Gasteiger charge is -2.36. The Morgan fingerprint density at radius 1 is 1.26 bits per heavy atom. The molecule has 1 heterocycles. The molecule has 0 fully saturated rings. The maximum atomic E-state index is 14.3. The highest BCUT2D eigenvalue weighted by Gasteiger charge is 2.31. The summed E-state index contributed by atoms with van der Waals surface area (Å²) in [6, 6.07) is 11.8. The molecule has 3 rings (SSSR count). The molecule has 0 saturated heterocycles. The minimum Gasteiger partial charge on any atom is -0.508 e. The van der Waals surface area contributed by atoms with Crippen LogP contribution in [0.5, 0.6) is 5.75 Å². The van der Waals surface area contributed by atoms with Gasteiger partial charge in [-0.05, 0) is 29.3 Å². The van der Waals surface area contributed by atoms with Crippen LogP contribution < -0.4 is 0 Å². The molecule has 1 atom stereocenters. The van der Waals surface area contributed by atoms with Gasteiger partial charge in [-0.1, -0.05) is 24.3 Å². The number of hydrogen-bond acceptors (Lipinski definition) is 2. The van der Waals surface area contributed by atoms with E-state index in [1.807, 2.05) is 12.1 Å². The van der Waals surface area contributed by atoms with Crippen molar-refractivity contribution in [3.8, 4) is 5.75 Å². The number of fused-ring (bicyclic) bond motifs is 1. The van der Waals surface area contributed by atoms with E-state index in [2.05, 4.69) is 0 Å². The first-order chi connectivity index (χ1) is 11.0. The van der Waals surface area contributed by atoms with Crippen LogP contribution in [0.25, 0.3) is 0 Å². The number of phenols is 1. The smallest absolute Gasteiger partial charge is 0.319 e. The van der Waals surface area contributed by atoms with Crippen LogP contribution >= 0.6 is 0 Å². The molecule has 0 spiro atoms. The van der Waals surface area contributed by atoms with E-state index in [1.165, 1.54) is 11.0 Å². The molecule has 0 aliphatic carbocycles. The number of halogens is 1. The van der Waals surface area contributed by atoms with Crippen molar-refractivity contribution < 1.29 is 14.3 Å². The Balaban J connectivity index is 2.08. The fraction of sp³-hybridized carbons (Fsp3) is 0.278. The van der Waals surface area contributed by atoms with Crippen molar-refractivity contribution in [2.24, 2.45) is 0 Å².